The zero-order chi connectivity index (χ0) is 16.7. The fourth-order valence-electron chi connectivity index (χ4n) is 1.99. The van der Waals surface area contributed by atoms with Crippen molar-refractivity contribution in [2.45, 2.75) is 20.8 Å². The van der Waals surface area contributed by atoms with Crippen molar-refractivity contribution in [2.75, 3.05) is 18.5 Å². The Labute approximate surface area is 137 Å². The Bertz CT molecular complexity index is 639. The summed E-state index contributed by atoms with van der Waals surface area (Å²) in [7, 11) is 0. The Morgan fingerprint density at radius 3 is 2.65 bits per heavy atom. The molecule has 5 heteroatoms. The molecule has 0 aliphatic heterocycles. The molecule has 1 heterocycles. The normalized spacial score (nSPS) is 10.4. The lowest BCUT2D eigenvalue weighted by atomic mass is 10.2. The lowest BCUT2D eigenvalue weighted by molar-refractivity contribution is 0.0948. The summed E-state index contributed by atoms with van der Waals surface area (Å²) >= 11 is 0. The van der Waals surface area contributed by atoms with Gasteiger partial charge in [0.25, 0.3) is 5.91 Å². The number of nitrogens with zero attached hydrogens (tertiary/aromatic N) is 1. The van der Waals surface area contributed by atoms with Crippen LogP contribution in [0.5, 0.6) is 5.75 Å². The largest absolute Gasteiger partial charge is 0.492 e. The second-order valence-corrected chi connectivity index (χ2v) is 5.59. The van der Waals surface area contributed by atoms with Gasteiger partial charge in [-0.1, -0.05) is 26.0 Å². The first kappa shape index (κ1) is 16.8. The molecular formula is C18H23N3O2. The zero-order valence-corrected chi connectivity index (χ0v) is 13.8. The summed E-state index contributed by atoms with van der Waals surface area (Å²) in [4.78, 5) is 16.3. The average Bonchev–Trinajstić information content (AvgIpc) is 2.55. The highest BCUT2D eigenvalue weighted by atomic mass is 16.5. The molecule has 23 heavy (non-hydrogen) atoms. The summed E-state index contributed by atoms with van der Waals surface area (Å²) < 4.78 is 5.57. The van der Waals surface area contributed by atoms with Crippen molar-refractivity contribution in [3.8, 4) is 5.75 Å². The monoisotopic (exact) mass is 313 g/mol. The third-order valence-electron chi connectivity index (χ3n) is 3.15. The summed E-state index contributed by atoms with van der Waals surface area (Å²) in [6.45, 7) is 7.31. The maximum atomic E-state index is 12.0. The van der Waals surface area contributed by atoms with Gasteiger partial charge in [0.15, 0.2) is 0 Å². The van der Waals surface area contributed by atoms with Gasteiger partial charge in [0.1, 0.15) is 11.6 Å². The number of pyridine rings is 1. The minimum Gasteiger partial charge on any atom is -0.492 e. The Morgan fingerprint density at radius 1 is 1.22 bits per heavy atom. The van der Waals surface area contributed by atoms with Crippen molar-refractivity contribution in [2.24, 2.45) is 5.92 Å². The van der Waals surface area contributed by atoms with E-state index >= 15 is 0 Å². The highest BCUT2D eigenvalue weighted by molar-refractivity contribution is 5.94. The molecule has 0 atom stereocenters. The van der Waals surface area contributed by atoms with Gasteiger partial charge in [-0.15, -0.1) is 0 Å². The molecule has 0 bridgehead atoms. The smallest absolute Gasteiger partial charge is 0.252 e. The van der Waals surface area contributed by atoms with Crippen molar-refractivity contribution in [3.63, 3.8) is 0 Å². The predicted molar refractivity (Wildman–Crippen MR) is 92.3 cm³/mol. The number of hydrogen-bond acceptors (Lipinski definition) is 4. The molecule has 2 rings (SSSR count). The second kappa shape index (κ2) is 8.17. The Kier molecular flexibility index (Phi) is 5.97. The van der Waals surface area contributed by atoms with Crippen molar-refractivity contribution in [1.82, 2.24) is 10.3 Å². The Hall–Kier alpha value is -2.56. The van der Waals surface area contributed by atoms with E-state index in [2.05, 4.69) is 29.5 Å². The fourth-order valence-corrected chi connectivity index (χ4v) is 1.99. The van der Waals surface area contributed by atoms with Crippen molar-refractivity contribution in [1.29, 1.82) is 0 Å². The standard InChI is InChI=1S/C18H23N3O2/c1-4-23-16-8-6-5-7-15(16)21-17-10-9-14(12-19-17)18(22)20-11-13(2)3/h5-10,12-13H,4,11H2,1-3H3,(H,19,21)(H,20,22). The summed E-state index contributed by atoms with van der Waals surface area (Å²) in [5.41, 5.74) is 1.40. The van der Waals surface area contributed by atoms with Gasteiger partial charge in [0, 0.05) is 12.7 Å². The van der Waals surface area contributed by atoms with Crippen molar-refractivity contribution >= 4 is 17.4 Å². The van der Waals surface area contributed by atoms with Crippen LogP contribution < -0.4 is 15.4 Å². The van der Waals surface area contributed by atoms with Gasteiger partial charge in [0.2, 0.25) is 0 Å². The first-order chi connectivity index (χ1) is 11.1. The van der Waals surface area contributed by atoms with Gasteiger partial charge in [0.05, 0.1) is 17.9 Å². The molecule has 2 N–H and O–H groups in total. The molecule has 122 valence electrons. The summed E-state index contributed by atoms with van der Waals surface area (Å²) in [6, 6.07) is 11.2. The van der Waals surface area contributed by atoms with E-state index in [-0.39, 0.29) is 5.91 Å². The zero-order valence-electron chi connectivity index (χ0n) is 13.8. The lowest BCUT2D eigenvalue weighted by Crippen LogP contribution is -2.27. The molecule has 0 aliphatic rings. The van der Waals surface area contributed by atoms with Crippen LogP contribution in [0, 0.1) is 5.92 Å². The molecule has 5 nitrogen and oxygen atoms in total. The molecule has 0 saturated carbocycles. The molecular weight excluding hydrogens is 290 g/mol. The van der Waals surface area contributed by atoms with Crippen LogP contribution in [-0.2, 0) is 0 Å². The molecule has 1 aromatic carbocycles. The fraction of sp³-hybridized carbons (Fsp3) is 0.333. The van der Waals surface area contributed by atoms with Crippen LogP contribution in [0.3, 0.4) is 0 Å². The van der Waals surface area contributed by atoms with Crippen LogP contribution in [0.15, 0.2) is 42.6 Å². The van der Waals surface area contributed by atoms with E-state index in [1.807, 2.05) is 31.2 Å². The number of anilines is 2. The van der Waals surface area contributed by atoms with Crippen LogP contribution in [0.1, 0.15) is 31.1 Å². The molecule has 0 fully saturated rings. The first-order valence-corrected chi connectivity index (χ1v) is 7.83. The molecule has 0 radical (unpaired) electrons. The number of nitrogens with one attached hydrogen (secondary N) is 2. The van der Waals surface area contributed by atoms with Crippen LogP contribution in [0.25, 0.3) is 0 Å². The molecule has 0 aliphatic carbocycles. The number of rotatable bonds is 7. The molecule has 2 aromatic rings. The maximum absolute atomic E-state index is 12.0. The lowest BCUT2D eigenvalue weighted by Gasteiger charge is -2.12. The topological polar surface area (TPSA) is 63.2 Å². The highest BCUT2D eigenvalue weighted by Gasteiger charge is 2.08. The molecule has 0 spiro atoms. The van der Waals surface area contributed by atoms with Gasteiger partial charge >= 0.3 is 0 Å². The van der Waals surface area contributed by atoms with E-state index < -0.39 is 0 Å². The number of ether oxygens (including phenoxy) is 1. The number of carbonyl (C=O) groups is 1. The van der Waals surface area contributed by atoms with E-state index in [1.165, 1.54) is 0 Å². The maximum Gasteiger partial charge on any atom is 0.252 e. The minimum absolute atomic E-state index is 0.104. The van der Waals surface area contributed by atoms with Gasteiger partial charge in [-0.05, 0) is 37.1 Å². The average molecular weight is 313 g/mol. The van der Waals surface area contributed by atoms with Crippen LogP contribution >= 0.6 is 0 Å². The Morgan fingerprint density at radius 2 is 2.00 bits per heavy atom. The SMILES string of the molecule is CCOc1ccccc1Nc1ccc(C(=O)NCC(C)C)cn1. The van der Waals surface area contributed by atoms with Crippen LogP contribution in [0.4, 0.5) is 11.5 Å². The number of benzene rings is 1. The molecule has 0 unspecified atom stereocenters. The van der Waals surface area contributed by atoms with Gasteiger partial charge in [-0.25, -0.2) is 4.98 Å². The second-order valence-electron chi connectivity index (χ2n) is 5.59. The van der Waals surface area contributed by atoms with Gasteiger partial charge < -0.3 is 15.4 Å². The molecule has 0 saturated heterocycles. The quantitative estimate of drug-likeness (QED) is 0.819. The van der Waals surface area contributed by atoms with E-state index in [0.717, 1.165) is 11.4 Å². The highest BCUT2D eigenvalue weighted by Crippen LogP contribution is 2.26. The van der Waals surface area contributed by atoms with E-state index in [1.54, 1.807) is 18.3 Å². The van der Waals surface area contributed by atoms with E-state index in [4.69, 9.17) is 4.74 Å². The van der Waals surface area contributed by atoms with Gasteiger partial charge in [-0.3, -0.25) is 4.79 Å². The number of para-hydroxylation sites is 2. The summed E-state index contributed by atoms with van der Waals surface area (Å²) in [6.07, 6.45) is 1.57. The number of carbonyl (C=O) groups excluding carboxylic acids is 1. The summed E-state index contributed by atoms with van der Waals surface area (Å²) in [5.74, 6) is 1.75. The van der Waals surface area contributed by atoms with Crippen molar-refractivity contribution < 1.29 is 9.53 Å². The number of aromatic nitrogens is 1. The van der Waals surface area contributed by atoms with Gasteiger partial charge in [-0.2, -0.15) is 0 Å². The molecule has 1 amide bonds. The van der Waals surface area contributed by atoms with Crippen LogP contribution in [-0.4, -0.2) is 24.0 Å². The van der Waals surface area contributed by atoms with Crippen molar-refractivity contribution in [3.05, 3.63) is 48.2 Å². The third kappa shape index (κ3) is 4.98. The third-order valence-corrected chi connectivity index (χ3v) is 3.15. The first-order valence-electron chi connectivity index (χ1n) is 7.83. The minimum atomic E-state index is -0.104. The van der Waals surface area contributed by atoms with Crippen LogP contribution in [0.2, 0.25) is 0 Å². The number of amides is 1. The predicted octanol–water partition coefficient (Wildman–Crippen LogP) is 3.61. The van der Waals surface area contributed by atoms with E-state index in [9.17, 15) is 4.79 Å². The van der Waals surface area contributed by atoms with E-state index in [0.29, 0.717) is 30.5 Å². The summed E-state index contributed by atoms with van der Waals surface area (Å²) in [5, 5.41) is 6.08. The Balaban J connectivity index is 2.04. The molecule has 1 aromatic heterocycles. The number of hydrogen-bond donors (Lipinski definition) is 2.